The van der Waals surface area contributed by atoms with Gasteiger partial charge in [0.25, 0.3) is 0 Å². The Kier molecular flexibility index (Phi) is 6.74. The number of halogens is 2. The molecule has 0 heterocycles. The van der Waals surface area contributed by atoms with Crippen molar-refractivity contribution in [3.8, 4) is 0 Å². The molecule has 0 aromatic heterocycles. The minimum absolute atomic E-state index is 0.642. The SMILES string of the molecule is C=CC(I)C(I)CCC. The van der Waals surface area contributed by atoms with Gasteiger partial charge in [-0.2, -0.15) is 0 Å². The fraction of sp³-hybridized carbons (Fsp3) is 0.714. The topological polar surface area (TPSA) is 0 Å². The number of allylic oxidation sites excluding steroid dienone is 1. The standard InChI is InChI=1S/C7H12I2/c1-3-5-7(9)6(8)4-2/h4,6-7H,2-3,5H2,1H3. The van der Waals surface area contributed by atoms with E-state index in [1.165, 1.54) is 12.8 Å². The van der Waals surface area contributed by atoms with Gasteiger partial charge in [0, 0.05) is 7.85 Å². The van der Waals surface area contributed by atoms with Crippen LogP contribution in [0.2, 0.25) is 0 Å². The lowest BCUT2D eigenvalue weighted by atomic mass is 10.2. The zero-order valence-electron chi connectivity index (χ0n) is 5.61. The fourth-order valence-corrected chi connectivity index (χ4v) is 1.86. The van der Waals surface area contributed by atoms with Crippen LogP contribution >= 0.6 is 45.2 Å². The Hall–Kier alpha value is 1.20. The van der Waals surface area contributed by atoms with Gasteiger partial charge in [-0.3, -0.25) is 0 Å². The van der Waals surface area contributed by atoms with E-state index >= 15 is 0 Å². The van der Waals surface area contributed by atoms with Crippen LogP contribution in [-0.2, 0) is 0 Å². The summed E-state index contributed by atoms with van der Waals surface area (Å²) >= 11 is 4.92. The summed E-state index contributed by atoms with van der Waals surface area (Å²) in [6.07, 6.45) is 4.61. The number of rotatable bonds is 4. The number of hydrogen-bond acceptors (Lipinski definition) is 0. The molecule has 0 nitrogen and oxygen atoms in total. The molecule has 2 unspecified atom stereocenters. The maximum Gasteiger partial charge on any atom is 0.0404 e. The van der Waals surface area contributed by atoms with Crippen molar-refractivity contribution in [2.45, 2.75) is 27.6 Å². The van der Waals surface area contributed by atoms with Crippen molar-refractivity contribution in [2.24, 2.45) is 0 Å². The lowest BCUT2D eigenvalue weighted by Crippen LogP contribution is -2.09. The second-order valence-corrected chi connectivity index (χ2v) is 5.02. The van der Waals surface area contributed by atoms with Gasteiger partial charge in [0.15, 0.2) is 0 Å². The lowest BCUT2D eigenvalue weighted by molar-refractivity contribution is 0.786. The van der Waals surface area contributed by atoms with Gasteiger partial charge < -0.3 is 0 Å². The van der Waals surface area contributed by atoms with Crippen molar-refractivity contribution in [1.29, 1.82) is 0 Å². The second kappa shape index (κ2) is 5.95. The molecule has 0 radical (unpaired) electrons. The van der Waals surface area contributed by atoms with Gasteiger partial charge in [-0.15, -0.1) is 6.58 Å². The molecule has 0 aromatic carbocycles. The van der Waals surface area contributed by atoms with Crippen molar-refractivity contribution in [2.75, 3.05) is 0 Å². The summed E-state index contributed by atoms with van der Waals surface area (Å²) in [6.45, 7) is 5.97. The Morgan fingerprint density at radius 1 is 1.56 bits per heavy atom. The van der Waals surface area contributed by atoms with Crippen molar-refractivity contribution in [3.63, 3.8) is 0 Å². The van der Waals surface area contributed by atoms with Gasteiger partial charge in [0.1, 0.15) is 0 Å². The van der Waals surface area contributed by atoms with Gasteiger partial charge in [-0.1, -0.05) is 64.6 Å². The summed E-state index contributed by atoms with van der Waals surface area (Å²) in [5.74, 6) is 0. The Labute approximate surface area is 84.8 Å². The Balaban J connectivity index is 3.44. The molecule has 0 saturated heterocycles. The van der Waals surface area contributed by atoms with Crippen LogP contribution in [-0.4, -0.2) is 7.85 Å². The summed E-state index contributed by atoms with van der Waals surface area (Å²) < 4.78 is 1.41. The van der Waals surface area contributed by atoms with Gasteiger partial charge in [0.05, 0.1) is 0 Å². The summed E-state index contributed by atoms with van der Waals surface area (Å²) in [5.41, 5.74) is 0. The Morgan fingerprint density at radius 2 is 2.11 bits per heavy atom. The zero-order valence-corrected chi connectivity index (χ0v) is 9.92. The molecule has 0 fully saturated rings. The lowest BCUT2D eigenvalue weighted by Gasteiger charge is -2.10. The third kappa shape index (κ3) is 4.58. The summed E-state index contributed by atoms with van der Waals surface area (Å²) in [6, 6.07) is 0. The van der Waals surface area contributed by atoms with Gasteiger partial charge in [-0.05, 0) is 6.42 Å². The molecule has 0 aliphatic carbocycles. The third-order valence-corrected chi connectivity index (χ3v) is 5.29. The van der Waals surface area contributed by atoms with E-state index in [0.717, 1.165) is 3.92 Å². The zero-order chi connectivity index (χ0) is 7.28. The minimum atomic E-state index is 0.642. The first-order valence-electron chi connectivity index (χ1n) is 3.13. The maximum atomic E-state index is 3.75. The molecule has 54 valence electrons. The molecule has 0 aromatic rings. The molecular formula is C7H12I2. The average molecular weight is 350 g/mol. The van der Waals surface area contributed by atoms with E-state index in [9.17, 15) is 0 Å². The molecule has 0 rings (SSSR count). The van der Waals surface area contributed by atoms with Crippen LogP contribution in [0.3, 0.4) is 0 Å². The normalized spacial score (nSPS) is 16.8. The molecule has 0 saturated carbocycles. The van der Waals surface area contributed by atoms with Crippen LogP contribution in [0.15, 0.2) is 12.7 Å². The van der Waals surface area contributed by atoms with E-state index in [1.54, 1.807) is 0 Å². The number of alkyl halides is 2. The van der Waals surface area contributed by atoms with Crippen LogP contribution in [0.4, 0.5) is 0 Å². The summed E-state index contributed by atoms with van der Waals surface area (Å²) in [7, 11) is 0. The predicted molar refractivity (Wildman–Crippen MR) is 60.7 cm³/mol. The van der Waals surface area contributed by atoms with Crippen LogP contribution < -0.4 is 0 Å². The molecule has 0 bridgehead atoms. The Bertz CT molecular complexity index is 81.0. The quantitative estimate of drug-likeness (QED) is 0.413. The maximum absolute atomic E-state index is 3.75. The van der Waals surface area contributed by atoms with Gasteiger partial charge in [0.2, 0.25) is 0 Å². The van der Waals surface area contributed by atoms with Crippen molar-refractivity contribution in [1.82, 2.24) is 0 Å². The molecule has 9 heavy (non-hydrogen) atoms. The second-order valence-electron chi connectivity index (χ2n) is 1.98. The molecule has 0 N–H and O–H groups in total. The predicted octanol–water partition coefficient (Wildman–Crippen LogP) is 3.58. The van der Waals surface area contributed by atoms with E-state index in [1.807, 2.05) is 6.08 Å². The average Bonchev–Trinajstić information content (AvgIpc) is 1.87. The van der Waals surface area contributed by atoms with Crippen LogP contribution in [0.5, 0.6) is 0 Å². The van der Waals surface area contributed by atoms with Gasteiger partial charge in [-0.25, -0.2) is 0 Å². The monoisotopic (exact) mass is 350 g/mol. The molecule has 0 spiro atoms. The van der Waals surface area contributed by atoms with Gasteiger partial charge >= 0.3 is 0 Å². The summed E-state index contributed by atoms with van der Waals surface area (Å²) in [5, 5.41) is 0. The first kappa shape index (κ1) is 10.2. The van der Waals surface area contributed by atoms with Crippen LogP contribution in [0, 0.1) is 0 Å². The van der Waals surface area contributed by atoms with E-state index in [-0.39, 0.29) is 0 Å². The van der Waals surface area contributed by atoms with Crippen molar-refractivity contribution in [3.05, 3.63) is 12.7 Å². The minimum Gasteiger partial charge on any atom is -0.102 e. The summed E-state index contributed by atoms with van der Waals surface area (Å²) in [4.78, 5) is 0. The first-order valence-corrected chi connectivity index (χ1v) is 5.62. The molecular weight excluding hydrogens is 338 g/mol. The largest absolute Gasteiger partial charge is 0.102 e. The van der Waals surface area contributed by atoms with E-state index in [0.29, 0.717) is 3.92 Å². The van der Waals surface area contributed by atoms with Crippen LogP contribution in [0.1, 0.15) is 19.8 Å². The highest BCUT2D eigenvalue weighted by molar-refractivity contribution is 14.1. The third-order valence-electron chi connectivity index (χ3n) is 1.14. The smallest absolute Gasteiger partial charge is 0.0404 e. The fourth-order valence-electron chi connectivity index (χ4n) is 0.583. The van der Waals surface area contributed by atoms with Crippen LogP contribution in [0.25, 0.3) is 0 Å². The highest BCUT2D eigenvalue weighted by Gasteiger charge is 2.09. The van der Waals surface area contributed by atoms with E-state index in [4.69, 9.17) is 0 Å². The van der Waals surface area contributed by atoms with Crippen molar-refractivity contribution >= 4 is 45.2 Å². The molecule has 2 heteroatoms. The first-order chi connectivity index (χ1) is 4.22. The Morgan fingerprint density at radius 3 is 2.44 bits per heavy atom. The molecule has 0 amide bonds. The van der Waals surface area contributed by atoms with E-state index < -0.39 is 0 Å². The highest BCUT2D eigenvalue weighted by atomic mass is 127. The molecule has 0 aliphatic rings. The highest BCUT2D eigenvalue weighted by Crippen LogP contribution is 2.20. The van der Waals surface area contributed by atoms with Crippen molar-refractivity contribution < 1.29 is 0 Å². The van der Waals surface area contributed by atoms with E-state index in [2.05, 4.69) is 58.7 Å². The number of hydrogen-bond donors (Lipinski definition) is 0. The molecule has 0 aliphatic heterocycles. The molecule has 2 atom stereocenters.